The predicted octanol–water partition coefficient (Wildman–Crippen LogP) is 5.03. The molecule has 1 atom stereocenters. The van der Waals surface area contributed by atoms with Crippen LogP contribution < -0.4 is 14.8 Å². The summed E-state index contributed by atoms with van der Waals surface area (Å²) in [5.74, 6) is 0.726. The second kappa shape index (κ2) is 10.5. The third-order valence-corrected chi connectivity index (χ3v) is 4.53. The Labute approximate surface area is 174 Å². The van der Waals surface area contributed by atoms with E-state index in [-0.39, 0.29) is 11.6 Å². The van der Waals surface area contributed by atoms with Gasteiger partial charge in [-0.1, -0.05) is 30.3 Å². The van der Waals surface area contributed by atoms with Crippen LogP contribution in [0.2, 0.25) is 0 Å². The number of carbonyl (C=O) groups excluding carboxylic acids is 1. The van der Waals surface area contributed by atoms with Crippen LogP contribution in [0.25, 0.3) is 6.08 Å². The lowest BCUT2D eigenvalue weighted by Crippen LogP contribution is -2.27. The lowest BCUT2D eigenvalue weighted by atomic mass is 10.1. The molecule has 0 bridgehead atoms. The fourth-order valence-electron chi connectivity index (χ4n) is 2.63. The summed E-state index contributed by atoms with van der Waals surface area (Å²) in [6.07, 6.45) is 1.54. The van der Waals surface area contributed by atoms with Crippen molar-refractivity contribution >= 4 is 27.9 Å². The van der Waals surface area contributed by atoms with Crippen LogP contribution in [-0.4, -0.2) is 19.1 Å². The summed E-state index contributed by atoms with van der Waals surface area (Å²) in [5.41, 5.74) is 1.65. The van der Waals surface area contributed by atoms with Gasteiger partial charge in [0.25, 0.3) is 5.91 Å². The Morgan fingerprint density at radius 3 is 2.50 bits per heavy atom. The summed E-state index contributed by atoms with van der Waals surface area (Å²) in [4.78, 5) is 12.6. The van der Waals surface area contributed by atoms with Crippen molar-refractivity contribution in [2.45, 2.75) is 26.8 Å². The van der Waals surface area contributed by atoms with Gasteiger partial charge < -0.3 is 14.8 Å². The average molecular weight is 443 g/mol. The van der Waals surface area contributed by atoms with Crippen LogP contribution in [0.4, 0.5) is 0 Å². The van der Waals surface area contributed by atoms with E-state index in [1.165, 1.54) is 6.08 Å². The van der Waals surface area contributed by atoms with Crippen LogP contribution >= 0.6 is 15.9 Å². The lowest BCUT2D eigenvalue weighted by molar-refractivity contribution is -0.117. The van der Waals surface area contributed by atoms with Crippen LogP contribution in [0.5, 0.6) is 11.5 Å². The van der Waals surface area contributed by atoms with Gasteiger partial charge in [0.2, 0.25) is 0 Å². The van der Waals surface area contributed by atoms with E-state index in [2.05, 4.69) is 21.2 Å². The molecule has 2 rings (SSSR count). The average Bonchev–Trinajstić information content (AvgIpc) is 2.69. The van der Waals surface area contributed by atoms with Gasteiger partial charge in [0, 0.05) is 0 Å². The number of hydrogen-bond acceptors (Lipinski definition) is 4. The minimum Gasteiger partial charge on any atom is -0.490 e. The zero-order valence-electron chi connectivity index (χ0n) is 16.2. The standard InChI is InChI=1S/C22H23BrN2O3/c1-4-27-20-13-16(12-19(23)21(20)28-5-2)11-18(14-24)22(26)25-15(3)17-9-7-6-8-10-17/h6-13,15H,4-5H2,1-3H3,(H,25,26)/b18-11-/t15-/m0/s1. The number of rotatable bonds is 8. The van der Waals surface area contributed by atoms with Gasteiger partial charge in [-0.05, 0) is 66.0 Å². The number of benzene rings is 2. The molecule has 0 saturated carbocycles. The van der Waals surface area contributed by atoms with Crippen molar-refractivity contribution in [3.63, 3.8) is 0 Å². The normalized spacial score (nSPS) is 12.0. The number of carbonyl (C=O) groups is 1. The van der Waals surface area contributed by atoms with Crippen molar-refractivity contribution in [1.29, 1.82) is 5.26 Å². The molecule has 0 saturated heterocycles. The molecule has 2 aromatic carbocycles. The van der Waals surface area contributed by atoms with Gasteiger partial charge in [-0.15, -0.1) is 0 Å². The molecule has 0 heterocycles. The van der Waals surface area contributed by atoms with E-state index < -0.39 is 5.91 Å². The van der Waals surface area contributed by atoms with Crippen molar-refractivity contribution in [3.05, 3.63) is 63.6 Å². The van der Waals surface area contributed by atoms with Gasteiger partial charge in [-0.2, -0.15) is 5.26 Å². The first-order valence-corrected chi connectivity index (χ1v) is 9.86. The number of amides is 1. The number of nitriles is 1. The molecule has 0 radical (unpaired) electrons. The molecule has 0 aromatic heterocycles. The smallest absolute Gasteiger partial charge is 0.262 e. The molecule has 28 heavy (non-hydrogen) atoms. The molecule has 1 amide bonds. The molecule has 0 aliphatic rings. The first-order chi connectivity index (χ1) is 13.5. The fraction of sp³-hybridized carbons (Fsp3) is 0.273. The van der Waals surface area contributed by atoms with Gasteiger partial charge in [0.15, 0.2) is 11.5 Å². The van der Waals surface area contributed by atoms with Crippen LogP contribution in [-0.2, 0) is 4.79 Å². The van der Waals surface area contributed by atoms with E-state index in [1.807, 2.05) is 57.2 Å². The number of ether oxygens (including phenoxy) is 2. The molecular formula is C22H23BrN2O3. The summed E-state index contributed by atoms with van der Waals surface area (Å²) in [6.45, 7) is 6.62. The SMILES string of the molecule is CCOc1cc(/C=C(/C#N)C(=O)N[C@@H](C)c2ccccc2)cc(Br)c1OCC. The minimum atomic E-state index is -0.429. The molecule has 0 spiro atoms. The van der Waals surface area contributed by atoms with E-state index >= 15 is 0 Å². The third kappa shape index (κ3) is 5.61. The van der Waals surface area contributed by atoms with Crippen molar-refractivity contribution in [3.8, 4) is 17.6 Å². The molecular weight excluding hydrogens is 420 g/mol. The van der Waals surface area contributed by atoms with Crippen molar-refractivity contribution in [2.75, 3.05) is 13.2 Å². The first kappa shape index (κ1) is 21.5. The van der Waals surface area contributed by atoms with Crippen LogP contribution in [0.15, 0.2) is 52.5 Å². The zero-order valence-corrected chi connectivity index (χ0v) is 17.7. The van der Waals surface area contributed by atoms with Gasteiger partial charge >= 0.3 is 0 Å². The highest BCUT2D eigenvalue weighted by atomic mass is 79.9. The maximum Gasteiger partial charge on any atom is 0.262 e. The maximum atomic E-state index is 12.6. The summed E-state index contributed by atoms with van der Waals surface area (Å²) in [7, 11) is 0. The largest absolute Gasteiger partial charge is 0.490 e. The topological polar surface area (TPSA) is 71.3 Å². The molecule has 2 aromatic rings. The molecule has 146 valence electrons. The molecule has 0 aliphatic heterocycles. The van der Waals surface area contributed by atoms with Crippen LogP contribution in [0, 0.1) is 11.3 Å². The van der Waals surface area contributed by atoms with Crippen molar-refractivity contribution in [2.24, 2.45) is 0 Å². The highest BCUT2D eigenvalue weighted by Crippen LogP contribution is 2.37. The Bertz CT molecular complexity index is 889. The number of nitrogens with zero attached hydrogens (tertiary/aromatic N) is 1. The summed E-state index contributed by atoms with van der Waals surface area (Å²) in [6, 6.07) is 14.9. The summed E-state index contributed by atoms with van der Waals surface area (Å²) in [5, 5.41) is 12.3. The zero-order chi connectivity index (χ0) is 20.5. The van der Waals surface area contributed by atoms with Crippen LogP contribution in [0.3, 0.4) is 0 Å². The summed E-state index contributed by atoms with van der Waals surface area (Å²) >= 11 is 3.47. The quantitative estimate of drug-likeness (QED) is 0.459. The van der Waals surface area contributed by atoms with Gasteiger partial charge in [-0.3, -0.25) is 4.79 Å². The Morgan fingerprint density at radius 2 is 1.89 bits per heavy atom. The second-order valence-corrected chi connectivity index (χ2v) is 6.83. The van der Waals surface area contributed by atoms with E-state index in [4.69, 9.17) is 9.47 Å². The predicted molar refractivity (Wildman–Crippen MR) is 113 cm³/mol. The number of nitrogens with one attached hydrogen (secondary N) is 1. The summed E-state index contributed by atoms with van der Waals surface area (Å²) < 4.78 is 12.0. The van der Waals surface area contributed by atoms with Crippen LogP contribution in [0.1, 0.15) is 37.9 Å². The molecule has 0 aliphatic carbocycles. The minimum absolute atomic E-state index is 0.0151. The molecule has 1 N–H and O–H groups in total. The fourth-order valence-corrected chi connectivity index (χ4v) is 3.21. The number of hydrogen-bond donors (Lipinski definition) is 1. The van der Waals surface area contributed by atoms with E-state index in [0.717, 1.165) is 5.56 Å². The Morgan fingerprint density at radius 1 is 1.21 bits per heavy atom. The maximum absolute atomic E-state index is 12.6. The van der Waals surface area contributed by atoms with E-state index in [1.54, 1.807) is 12.1 Å². The Balaban J connectivity index is 2.28. The van der Waals surface area contributed by atoms with E-state index in [0.29, 0.717) is 34.7 Å². The highest BCUT2D eigenvalue weighted by molar-refractivity contribution is 9.10. The van der Waals surface area contributed by atoms with Crippen molar-refractivity contribution < 1.29 is 14.3 Å². The lowest BCUT2D eigenvalue weighted by Gasteiger charge is -2.15. The second-order valence-electron chi connectivity index (χ2n) is 5.97. The highest BCUT2D eigenvalue weighted by Gasteiger charge is 2.16. The van der Waals surface area contributed by atoms with Gasteiger partial charge in [-0.25, -0.2) is 0 Å². The Kier molecular flexibility index (Phi) is 8.09. The number of halogens is 1. The van der Waals surface area contributed by atoms with Crippen molar-refractivity contribution in [1.82, 2.24) is 5.32 Å². The van der Waals surface area contributed by atoms with Gasteiger partial charge in [0.05, 0.1) is 23.7 Å². The molecule has 0 fully saturated rings. The molecule has 0 unspecified atom stereocenters. The van der Waals surface area contributed by atoms with E-state index in [9.17, 15) is 10.1 Å². The monoisotopic (exact) mass is 442 g/mol. The molecule has 6 heteroatoms. The van der Waals surface area contributed by atoms with Gasteiger partial charge in [0.1, 0.15) is 11.6 Å². The molecule has 5 nitrogen and oxygen atoms in total. The first-order valence-electron chi connectivity index (χ1n) is 9.06. The third-order valence-electron chi connectivity index (χ3n) is 3.94. The Hall–Kier alpha value is -2.78.